The second-order valence-electron chi connectivity index (χ2n) is 8.88. The molecule has 6 rings (SSSR count). The van der Waals surface area contributed by atoms with Crippen LogP contribution in [0.4, 0.5) is 0 Å². The Kier molecular flexibility index (Phi) is 6.69. The second kappa shape index (κ2) is 10.6. The number of benzene rings is 4. The van der Waals surface area contributed by atoms with Crippen LogP contribution in [0, 0.1) is 0 Å². The molecule has 0 fully saturated rings. The lowest BCUT2D eigenvalue weighted by atomic mass is 10.1. The average Bonchev–Trinajstić information content (AvgIpc) is 3.41. The maximum Gasteiger partial charge on any atom is 0.266 e. The molecule has 0 aliphatic carbocycles. The van der Waals surface area contributed by atoms with Gasteiger partial charge in [0.25, 0.3) is 5.56 Å². The van der Waals surface area contributed by atoms with E-state index in [1.807, 2.05) is 108 Å². The normalized spacial score (nSPS) is 11.1. The van der Waals surface area contributed by atoms with Crippen molar-refractivity contribution in [3.8, 4) is 28.5 Å². The molecule has 0 N–H and O–H groups in total. The molecule has 2 aromatic heterocycles. The fourth-order valence-corrected chi connectivity index (χ4v) is 5.40. The molecule has 7 nitrogen and oxygen atoms in total. The van der Waals surface area contributed by atoms with Crippen molar-refractivity contribution in [1.82, 2.24) is 24.3 Å². The van der Waals surface area contributed by atoms with Crippen LogP contribution in [0.15, 0.2) is 118 Å². The van der Waals surface area contributed by atoms with Crippen molar-refractivity contribution in [3.05, 3.63) is 119 Å². The first-order valence-corrected chi connectivity index (χ1v) is 13.4. The Balaban J connectivity index is 1.54. The minimum absolute atomic E-state index is 0.131. The summed E-state index contributed by atoms with van der Waals surface area (Å²) in [4.78, 5) is 18.7. The summed E-state index contributed by atoms with van der Waals surface area (Å²) in [5.41, 5.74) is 4.23. The molecule has 2 heterocycles. The Hall–Kier alpha value is -4.69. The van der Waals surface area contributed by atoms with Crippen LogP contribution in [0.2, 0.25) is 0 Å². The van der Waals surface area contributed by atoms with Gasteiger partial charge in [0.05, 0.1) is 23.7 Å². The number of nitrogens with zero attached hydrogens (tertiary/aromatic N) is 5. The molecule has 0 aliphatic rings. The lowest BCUT2D eigenvalue weighted by Gasteiger charge is -2.15. The summed E-state index contributed by atoms with van der Waals surface area (Å²) >= 11 is 1.31. The minimum Gasteiger partial charge on any atom is -0.497 e. The lowest BCUT2D eigenvalue weighted by Crippen LogP contribution is -2.22. The lowest BCUT2D eigenvalue weighted by molar-refractivity contribution is 0.415. The number of aryl methyl sites for hydroxylation is 1. The molecule has 0 atom stereocenters. The highest BCUT2D eigenvalue weighted by molar-refractivity contribution is 7.99. The number of aromatic nitrogens is 5. The zero-order chi connectivity index (χ0) is 26.8. The van der Waals surface area contributed by atoms with Crippen LogP contribution in [0.25, 0.3) is 33.7 Å². The van der Waals surface area contributed by atoms with E-state index in [1.165, 1.54) is 17.3 Å². The summed E-state index contributed by atoms with van der Waals surface area (Å²) < 4.78 is 8.97. The molecule has 0 saturated heterocycles. The van der Waals surface area contributed by atoms with Crippen molar-refractivity contribution in [2.75, 3.05) is 7.11 Å². The Bertz CT molecular complexity index is 1810. The van der Waals surface area contributed by atoms with Gasteiger partial charge in [-0.1, -0.05) is 49.4 Å². The quantitative estimate of drug-likeness (QED) is 0.223. The molecule has 6 aromatic rings. The van der Waals surface area contributed by atoms with Crippen LogP contribution in [0.1, 0.15) is 12.5 Å². The van der Waals surface area contributed by atoms with E-state index in [2.05, 4.69) is 17.1 Å². The fraction of sp³-hybridized carbons (Fsp3) is 0.0968. The molecule has 0 amide bonds. The monoisotopic (exact) mass is 531 g/mol. The van der Waals surface area contributed by atoms with E-state index in [4.69, 9.17) is 9.72 Å². The third kappa shape index (κ3) is 4.70. The summed E-state index contributed by atoms with van der Waals surface area (Å²) in [6.07, 6.45) is 0.918. The van der Waals surface area contributed by atoms with Gasteiger partial charge in [0.1, 0.15) is 5.75 Å². The number of hydrogen-bond donors (Lipinski definition) is 0. The van der Waals surface area contributed by atoms with Crippen molar-refractivity contribution in [1.29, 1.82) is 0 Å². The van der Waals surface area contributed by atoms with Gasteiger partial charge in [-0.2, -0.15) is 0 Å². The molecule has 8 heteroatoms. The van der Waals surface area contributed by atoms with Crippen molar-refractivity contribution in [3.63, 3.8) is 0 Å². The van der Waals surface area contributed by atoms with Crippen LogP contribution >= 0.6 is 11.8 Å². The third-order valence-electron chi connectivity index (χ3n) is 6.53. The topological polar surface area (TPSA) is 74.8 Å². The van der Waals surface area contributed by atoms with E-state index in [0.29, 0.717) is 27.0 Å². The second-order valence-corrected chi connectivity index (χ2v) is 9.81. The Morgan fingerprint density at radius 1 is 0.744 bits per heavy atom. The van der Waals surface area contributed by atoms with E-state index in [-0.39, 0.29) is 5.56 Å². The minimum atomic E-state index is -0.131. The van der Waals surface area contributed by atoms with Gasteiger partial charge in [0.15, 0.2) is 11.0 Å². The smallest absolute Gasteiger partial charge is 0.266 e. The van der Waals surface area contributed by atoms with Gasteiger partial charge in [-0.05, 0) is 84.4 Å². The van der Waals surface area contributed by atoms with Crippen LogP contribution in [0.3, 0.4) is 0 Å². The number of para-hydroxylation sites is 2. The van der Waals surface area contributed by atoms with Crippen molar-refractivity contribution in [2.24, 2.45) is 0 Å². The Morgan fingerprint density at radius 3 is 2.15 bits per heavy atom. The van der Waals surface area contributed by atoms with Gasteiger partial charge in [-0.25, -0.2) is 4.98 Å². The zero-order valence-corrected chi connectivity index (χ0v) is 22.3. The van der Waals surface area contributed by atoms with Crippen molar-refractivity contribution < 1.29 is 4.74 Å². The number of fused-ring (bicyclic) bond motifs is 1. The predicted octanol–water partition coefficient (Wildman–Crippen LogP) is 6.36. The number of ether oxygens (including phenoxy) is 1. The van der Waals surface area contributed by atoms with Gasteiger partial charge in [-0.15, -0.1) is 10.2 Å². The largest absolute Gasteiger partial charge is 0.497 e. The van der Waals surface area contributed by atoms with Gasteiger partial charge < -0.3 is 4.74 Å². The van der Waals surface area contributed by atoms with Crippen molar-refractivity contribution in [2.45, 2.75) is 23.7 Å². The molecule has 0 radical (unpaired) electrons. The van der Waals surface area contributed by atoms with Gasteiger partial charge in [0.2, 0.25) is 5.16 Å². The SMILES string of the molecule is CCc1ccc(-n2c(Sc3nnc(-c4ccc(OC)cc4)n3-c3ccccc3)nc3ccccc3c2=O)cc1. The molecule has 4 aromatic carbocycles. The fourth-order valence-electron chi connectivity index (χ4n) is 4.44. The summed E-state index contributed by atoms with van der Waals surface area (Å²) in [6, 6.07) is 33.0. The molecule has 39 heavy (non-hydrogen) atoms. The van der Waals surface area contributed by atoms with Gasteiger partial charge in [0, 0.05) is 11.3 Å². The highest BCUT2D eigenvalue weighted by Crippen LogP contribution is 2.33. The summed E-state index contributed by atoms with van der Waals surface area (Å²) in [6.45, 7) is 2.11. The Labute approximate surface area is 229 Å². The van der Waals surface area contributed by atoms with E-state index < -0.39 is 0 Å². The molecule has 0 spiro atoms. The van der Waals surface area contributed by atoms with Crippen molar-refractivity contribution >= 4 is 22.7 Å². The van der Waals surface area contributed by atoms with Crippen LogP contribution < -0.4 is 10.3 Å². The van der Waals surface area contributed by atoms with Crippen LogP contribution in [-0.4, -0.2) is 31.4 Å². The third-order valence-corrected chi connectivity index (χ3v) is 7.43. The number of methoxy groups -OCH3 is 1. The van der Waals surface area contributed by atoms with Gasteiger partial charge >= 0.3 is 0 Å². The van der Waals surface area contributed by atoms with E-state index in [9.17, 15) is 4.79 Å². The number of rotatable bonds is 7. The molecule has 0 unspecified atom stereocenters. The number of hydrogen-bond acceptors (Lipinski definition) is 6. The van der Waals surface area contributed by atoms with Gasteiger partial charge in [-0.3, -0.25) is 13.9 Å². The maximum absolute atomic E-state index is 13.8. The standard InChI is InChI=1S/C31H25N5O2S/c1-3-21-13-17-24(18-14-21)36-29(37)26-11-7-8-12-27(26)32-30(36)39-31-34-33-28(22-15-19-25(38-2)20-16-22)35(31)23-9-5-4-6-10-23/h4-20H,3H2,1-2H3. The zero-order valence-electron chi connectivity index (χ0n) is 21.5. The first-order chi connectivity index (χ1) is 19.2. The molecular weight excluding hydrogens is 506 g/mol. The van der Waals surface area contributed by atoms with Crippen LogP contribution in [-0.2, 0) is 6.42 Å². The first-order valence-electron chi connectivity index (χ1n) is 12.6. The highest BCUT2D eigenvalue weighted by Gasteiger charge is 2.21. The molecule has 192 valence electrons. The molecule has 0 bridgehead atoms. The first kappa shape index (κ1) is 24.6. The Morgan fingerprint density at radius 2 is 1.44 bits per heavy atom. The van der Waals surface area contributed by atoms with E-state index in [1.54, 1.807) is 11.7 Å². The molecule has 0 aliphatic heterocycles. The molecule has 0 saturated carbocycles. The summed E-state index contributed by atoms with van der Waals surface area (Å²) in [7, 11) is 1.64. The van der Waals surface area contributed by atoms with E-state index >= 15 is 0 Å². The summed E-state index contributed by atoms with van der Waals surface area (Å²) in [5.74, 6) is 1.44. The molecular formula is C31H25N5O2S. The average molecular weight is 532 g/mol. The maximum atomic E-state index is 13.8. The highest BCUT2D eigenvalue weighted by atomic mass is 32.2. The predicted molar refractivity (Wildman–Crippen MR) is 154 cm³/mol. The van der Waals surface area contributed by atoms with E-state index in [0.717, 1.165) is 29.1 Å². The van der Waals surface area contributed by atoms with Crippen LogP contribution in [0.5, 0.6) is 5.75 Å². The summed E-state index contributed by atoms with van der Waals surface area (Å²) in [5, 5.41) is 10.8.